The fourth-order valence-corrected chi connectivity index (χ4v) is 2.76. The van der Waals surface area contributed by atoms with E-state index < -0.39 is 0 Å². The first-order valence-electron chi connectivity index (χ1n) is 9.79. The zero-order valence-corrected chi connectivity index (χ0v) is 19.7. The van der Waals surface area contributed by atoms with E-state index in [-0.39, 0.29) is 29.9 Å². The molecule has 0 fully saturated rings. The molecule has 164 valence electrons. The summed E-state index contributed by atoms with van der Waals surface area (Å²) in [5, 5.41) is 6.50. The molecule has 2 aromatic rings. The Morgan fingerprint density at radius 3 is 2.70 bits per heavy atom. The van der Waals surface area contributed by atoms with E-state index in [0.29, 0.717) is 50.9 Å². The van der Waals surface area contributed by atoms with Crippen LogP contribution in [0, 0.1) is 0 Å². The Kier molecular flexibility index (Phi) is 9.78. The molecule has 1 aromatic heterocycles. The molecule has 9 heteroatoms. The third-order valence-electron chi connectivity index (χ3n) is 4.35. The second-order valence-corrected chi connectivity index (χ2v) is 6.86. The highest BCUT2D eigenvalue weighted by molar-refractivity contribution is 14.0. The molecule has 2 heterocycles. The third-order valence-corrected chi connectivity index (χ3v) is 4.35. The molecule has 0 bridgehead atoms. The Labute approximate surface area is 194 Å². The van der Waals surface area contributed by atoms with Crippen molar-refractivity contribution in [3.63, 3.8) is 0 Å². The second kappa shape index (κ2) is 12.3. The number of halogens is 1. The summed E-state index contributed by atoms with van der Waals surface area (Å²) >= 11 is 0. The van der Waals surface area contributed by atoms with Crippen LogP contribution in [0.15, 0.2) is 46.0 Å². The SMILES string of the molecule is CN(C)C(=O)CCNC(=NCCc1ccco1)Nc1ccc2c(c1)OCCCO2.I. The number of nitrogens with zero attached hydrogens (tertiary/aromatic N) is 2. The van der Waals surface area contributed by atoms with Gasteiger partial charge < -0.3 is 29.4 Å². The molecule has 1 aromatic carbocycles. The summed E-state index contributed by atoms with van der Waals surface area (Å²) in [6, 6.07) is 9.49. The number of guanidine groups is 1. The van der Waals surface area contributed by atoms with Gasteiger partial charge in [0, 0.05) is 58.2 Å². The molecule has 0 aliphatic carbocycles. The summed E-state index contributed by atoms with van der Waals surface area (Å²) < 4.78 is 16.8. The summed E-state index contributed by atoms with van der Waals surface area (Å²) in [6.45, 7) is 2.31. The van der Waals surface area contributed by atoms with Crippen LogP contribution in [0.3, 0.4) is 0 Å². The van der Waals surface area contributed by atoms with Crippen molar-refractivity contribution >= 4 is 41.5 Å². The molecular formula is C21H29IN4O4. The minimum Gasteiger partial charge on any atom is -0.490 e. The van der Waals surface area contributed by atoms with E-state index >= 15 is 0 Å². The van der Waals surface area contributed by atoms with E-state index in [1.54, 1.807) is 25.3 Å². The molecule has 30 heavy (non-hydrogen) atoms. The third kappa shape index (κ3) is 7.43. The lowest BCUT2D eigenvalue weighted by Crippen LogP contribution is -2.34. The van der Waals surface area contributed by atoms with Crippen LogP contribution in [0.5, 0.6) is 11.5 Å². The van der Waals surface area contributed by atoms with Gasteiger partial charge in [-0.1, -0.05) is 0 Å². The monoisotopic (exact) mass is 528 g/mol. The smallest absolute Gasteiger partial charge is 0.223 e. The first-order valence-corrected chi connectivity index (χ1v) is 9.79. The molecule has 1 aliphatic rings. The number of amides is 1. The quantitative estimate of drug-likeness (QED) is 0.326. The molecule has 0 spiro atoms. The largest absolute Gasteiger partial charge is 0.490 e. The maximum absolute atomic E-state index is 11.8. The van der Waals surface area contributed by atoms with Gasteiger partial charge in [0.25, 0.3) is 0 Å². The summed E-state index contributed by atoms with van der Waals surface area (Å²) in [5.74, 6) is 2.99. The number of carbonyl (C=O) groups is 1. The van der Waals surface area contributed by atoms with Gasteiger partial charge in [0.15, 0.2) is 17.5 Å². The van der Waals surface area contributed by atoms with E-state index in [4.69, 9.17) is 13.9 Å². The highest BCUT2D eigenvalue weighted by Crippen LogP contribution is 2.32. The van der Waals surface area contributed by atoms with Gasteiger partial charge >= 0.3 is 0 Å². The van der Waals surface area contributed by atoms with Crippen molar-refractivity contribution in [1.29, 1.82) is 0 Å². The van der Waals surface area contributed by atoms with Gasteiger partial charge in [-0.25, -0.2) is 0 Å². The van der Waals surface area contributed by atoms with Crippen LogP contribution < -0.4 is 20.1 Å². The van der Waals surface area contributed by atoms with Gasteiger partial charge in [0.1, 0.15) is 5.76 Å². The molecule has 0 radical (unpaired) electrons. The van der Waals surface area contributed by atoms with E-state index in [9.17, 15) is 4.79 Å². The number of hydrogen-bond acceptors (Lipinski definition) is 5. The van der Waals surface area contributed by atoms with Crippen LogP contribution in [0.1, 0.15) is 18.6 Å². The summed E-state index contributed by atoms with van der Waals surface area (Å²) in [4.78, 5) is 18.0. The number of anilines is 1. The lowest BCUT2D eigenvalue weighted by atomic mass is 10.2. The number of ether oxygens (including phenoxy) is 2. The van der Waals surface area contributed by atoms with E-state index in [1.807, 2.05) is 30.3 Å². The maximum Gasteiger partial charge on any atom is 0.223 e. The predicted octanol–water partition coefficient (Wildman–Crippen LogP) is 3.14. The van der Waals surface area contributed by atoms with Crippen molar-refractivity contribution in [3.05, 3.63) is 42.4 Å². The lowest BCUT2D eigenvalue weighted by Gasteiger charge is -2.15. The molecule has 3 rings (SSSR count). The molecule has 2 N–H and O–H groups in total. The molecular weight excluding hydrogens is 499 g/mol. The normalized spacial score (nSPS) is 13.1. The van der Waals surface area contributed by atoms with Crippen LogP contribution in [-0.2, 0) is 11.2 Å². The van der Waals surface area contributed by atoms with E-state index in [0.717, 1.165) is 23.6 Å². The standard InChI is InChI=1S/C21H28N4O4.HI/c1-25(2)20(26)9-11-23-21(22-10-8-17-5-3-12-27-17)24-16-6-7-18-19(15-16)29-14-4-13-28-18;/h3,5-7,12,15H,4,8-11,13-14H2,1-2H3,(H2,22,23,24);1H. The average Bonchev–Trinajstić information content (AvgIpc) is 3.11. The summed E-state index contributed by atoms with van der Waals surface area (Å²) in [6.07, 6.45) is 3.59. The van der Waals surface area contributed by atoms with Gasteiger partial charge in [0.05, 0.1) is 19.5 Å². The number of furan rings is 1. The Morgan fingerprint density at radius 2 is 1.97 bits per heavy atom. The van der Waals surface area contributed by atoms with Crippen LogP contribution in [-0.4, -0.2) is 57.2 Å². The topological polar surface area (TPSA) is 88.3 Å². The van der Waals surface area contributed by atoms with Crippen molar-refractivity contribution < 1.29 is 18.7 Å². The van der Waals surface area contributed by atoms with Gasteiger partial charge in [-0.2, -0.15) is 0 Å². The Balaban J connectivity index is 0.00000320. The number of nitrogens with one attached hydrogen (secondary N) is 2. The maximum atomic E-state index is 11.8. The summed E-state index contributed by atoms with van der Waals surface area (Å²) in [5.41, 5.74) is 0.831. The Morgan fingerprint density at radius 1 is 1.17 bits per heavy atom. The Bertz CT molecular complexity index is 824. The number of fused-ring (bicyclic) bond motifs is 1. The molecule has 0 atom stereocenters. The van der Waals surface area contributed by atoms with Crippen LogP contribution >= 0.6 is 24.0 Å². The zero-order chi connectivity index (χ0) is 20.5. The van der Waals surface area contributed by atoms with E-state index in [1.165, 1.54) is 0 Å². The number of hydrogen-bond donors (Lipinski definition) is 2. The zero-order valence-electron chi connectivity index (χ0n) is 17.3. The van der Waals surface area contributed by atoms with Crippen molar-refractivity contribution in [1.82, 2.24) is 10.2 Å². The van der Waals surface area contributed by atoms with Crippen LogP contribution in [0.2, 0.25) is 0 Å². The number of carbonyl (C=O) groups excluding carboxylic acids is 1. The first-order chi connectivity index (χ1) is 14.1. The average molecular weight is 528 g/mol. The van der Waals surface area contributed by atoms with E-state index in [2.05, 4.69) is 15.6 Å². The fraction of sp³-hybridized carbons (Fsp3) is 0.429. The number of benzene rings is 1. The van der Waals surface area contributed by atoms with Gasteiger partial charge in [0.2, 0.25) is 5.91 Å². The van der Waals surface area contributed by atoms with Crippen LogP contribution in [0.25, 0.3) is 0 Å². The van der Waals surface area contributed by atoms with Gasteiger partial charge in [-0.05, 0) is 24.3 Å². The first kappa shape index (κ1) is 23.8. The molecule has 0 unspecified atom stereocenters. The minimum atomic E-state index is 0. The van der Waals surface area contributed by atoms with Crippen molar-refractivity contribution in [2.24, 2.45) is 4.99 Å². The molecule has 1 amide bonds. The van der Waals surface area contributed by atoms with Crippen molar-refractivity contribution in [3.8, 4) is 11.5 Å². The second-order valence-electron chi connectivity index (χ2n) is 6.86. The highest BCUT2D eigenvalue weighted by Gasteiger charge is 2.12. The number of rotatable bonds is 7. The molecule has 0 saturated heterocycles. The predicted molar refractivity (Wildman–Crippen MR) is 127 cm³/mol. The minimum absolute atomic E-state index is 0. The lowest BCUT2D eigenvalue weighted by molar-refractivity contribution is -0.128. The van der Waals surface area contributed by atoms with Gasteiger partial charge in [-0.3, -0.25) is 9.79 Å². The van der Waals surface area contributed by atoms with Crippen molar-refractivity contribution in [2.75, 3.05) is 45.7 Å². The highest BCUT2D eigenvalue weighted by atomic mass is 127. The van der Waals surface area contributed by atoms with Crippen LogP contribution in [0.4, 0.5) is 5.69 Å². The number of aliphatic imine (C=N–C) groups is 1. The molecule has 0 saturated carbocycles. The van der Waals surface area contributed by atoms with Crippen molar-refractivity contribution in [2.45, 2.75) is 19.3 Å². The fourth-order valence-electron chi connectivity index (χ4n) is 2.76. The Hall–Kier alpha value is -2.43. The molecule has 1 aliphatic heterocycles. The van der Waals surface area contributed by atoms with Gasteiger partial charge in [-0.15, -0.1) is 24.0 Å². The summed E-state index contributed by atoms with van der Waals surface area (Å²) in [7, 11) is 3.49. The molecule has 8 nitrogen and oxygen atoms in total.